The molecule has 0 amide bonds. The molecular formula is C24H25ClN10O. The first-order chi connectivity index (χ1) is 17.3. The number of rotatable bonds is 6. The smallest absolute Gasteiger partial charge is 0.229 e. The molecule has 4 aromatic heterocycles. The molecule has 0 radical (unpaired) electrons. The standard InChI is InChI=1S/C24H25ClN10O/c1-24(2,36)22-31-20-11-17(7-10-35(20)33-22)30-23-28-14-18(25)21(32-23)29-16-5-8-34(9-6-16)19-4-3-15(12-26)13-27-19/h3-4,7,10-11,13-14,16,36H,5-6,8-9H2,1-2H3,(H2,28,29,30,32). The molecule has 1 saturated heterocycles. The second-order valence-corrected chi connectivity index (χ2v) is 9.56. The molecule has 0 saturated carbocycles. The van der Waals surface area contributed by atoms with Crippen molar-refractivity contribution in [1.29, 1.82) is 5.26 Å². The lowest BCUT2D eigenvalue weighted by molar-refractivity contribution is 0.0690. The topological polar surface area (TPSA) is 140 Å². The zero-order valence-corrected chi connectivity index (χ0v) is 20.6. The molecule has 3 N–H and O–H groups in total. The number of nitrogens with zero attached hydrogens (tertiary/aromatic N) is 8. The third-order valence-electron chi connectivity index (χ3n) is 5.92. The first-order valence-corrected chi connectivity index (χ1v) is 11.9. The van der Waals surface area contributed by atoms with E-state index in [1.54, 1.807) is 49.1 Å². The van der Waals surface area contributed by atoms with Crippen LogP contribution < -0.4 is 15.5 Å². The molecule has 0 aromatic carbocycles. The molecule has 0 unspecified atom stereocenters. The van der Waals surface area contributed by atoms with Gasteiger partial charge in [-0.1, -0.05) is 11.6 Å². The molecule has 36 heavy (non-hydrogen) atoms. The summed E-state index contributed by atoms with van der Waals surface area (Å²) in [5, 5.41) is 30.5. The fraction of sp³-hybridized carbons (Fsp3) is 0.333. The predicted octanol–water partition coefficient (Wildman–Crippen LogP) is 3.49. The normalized spacial score (nSPS) is 14.6. The number of nitriles is 1. The summed E-state index contributed by atoms with van der Waals surface area (Å²) in [6.07, 6.45) is 6.69. The number of halogens is 1. The molecule has 1 aliphatic heterocycles. The predicted molar refractivity (Wildman–Crippen MR) is 136 cm³/mol. The van der Waals surface area contributed by atoms with E-state index in [-0.39, 0.29) is 6.04 Å². The summed E-state index contributed by atoms with van der Waals surface area (Å²) < 4.78 is 1.61. The highest BCUT2D eigenvalue weighted by Gasteiger charge is 2.23. The van der Waals surface area contributed by atoms with Crippen molar-refractivity contribution in [2.75, 3.05) is 28.6 Å². The number of hydrogen-bond acceptors (Lipinski definition) is 10. The molecule has 5 heterocycles. The molecule has 1 fully saturated rings. The number of hydrogen-bond donors (Lipinski definition) is 3. The second kappa shape index (κ2) is 9.56. The van der Waals surface area contributed by atoms with Gasteiger partial charge >= 0.3 is 0 Å². The molecule has 0 spiro atoms. The second-order valence-electron chi connectivity index (χ2n) is 9.15. The van der Waals surface area contributed by atoms with Crippen LogP contribution in [0.15, 0.2) is 42.9 Å². The SMILES string of the molecule is CC(C)(O)c1nc2cc(Nc3ncc(Cl)c(NC4CCN(c5ccc(C#N)cn5)CC4)n3)ccn2n1. The molecular weight excluding hydrogens is 480 g/mol. The quantitative estimate of drug-likeness (QED) is 0.357. The molecule has 1 aliphatic rings. The minimum Gasteiger partial charge on any atom is -0.382 e. The average Bonchev–Trinajstić information content (AvgIpc) is 3.31. The van der Waals surface area contributed by atoms with Crippen molar-refractivity contribution in [1.82, 2.24) is 29.5 Å². The average molecular weight is 505 g/mol. The number of aliphatic hydroxyl groups is 1. The zero-order valence-electron chi connectivity index (χ0n) is 19.9. The Morgan fingerprint density at radius 2 is 1.94 bits per heavy atom. The summed E-state index contributed by atoms with van der Waals surface area (Å²) in [4.78, 5) is 19.9. The van der Waals surface area contributed by atoms with E-state index < -0.39 is 5.60 Å². The van der Waals surface area contributed by atoms with Gasteiger partial charge in [-0.2, -0.15) is 10.2 Å². The molecule has 4 aromatic rings. The highest BCUT2D eigenvalue weighted by molar-refractivity contribution is 6.32. The molecule has 0 atom stereocenters. The third kappa shape index (κ3) is 5.15. The number of fused-ring (bicyclic) bond motifs is 1. The molecule has 0 aliphatic carbocycles. The van der Waals surface area contributed by atoms with Crippen molar-refractivity contribution in [3.05, 3.63) is 59.3 Å². The number of piperidine rings is 1. The Morgan fingerprint density at radius 1 is 1.14 bits per heavy atom. The van der Waals surface area contributed by atoms with E-state index in [9.17, 15) is 5.11 Å². The van der Waals surface area contributed by atoms with E-state index in [0.29, 0.717) is 33.8 Å². The Hall–Kier alpha value is -4.01. The van der Waals surface area contributed by atoms with Gasteiger partial charge in [0.25, 0.3) is 0 Å². The van der Waals surface area contributed by atoms with Gasteiger partial charge in [-0.05, 0) is 44.9 Å². The lowest BCUT2D eigenvalue weighted by atomic mass is 10.0. The van der Waals surface area contributed by atoms with Gasteiger partial charge in [0.05, 0.1) is 11.8 Å². The van der Waals surface area contributed by atoms with Gasteiger partial charge in [0.2, 0.25) is 5.95 Å². The van der Waals surface area contributed by atoms with E-state index in [0.717, 1.165) is 37.4 Å². The molecule has 5 rings (SSSR count). The lowest BCUT2D eigenvalue weighted by Gasteiger charge is -2.33. The summed E-state index contributed by atoms with van der Waals surface area (Å²) in [6.45, 7) is 4.94. The zero-order chi connectivity index (χ0) is 25.3. The van der Waals surface area contributed by atoms with Crippen molar-refractivity contribution in [2.45, 2.75) is 38.3 Å². The Morgan fingerprint density at radius 3 is 2.64 bits per heavy atom. The maximum Gasteiger partial charge on any atom is 0.229 e. The largest absolute Gasteiger partial charge is 0.382 e. The molecule has 12 heteroatoms. The van der Waals surface area contributed by atoms with Crippen molar-refractivity contribution >= 4 is 40.5 Å². The Balaban J connectivity index is 1.24. The molecule has 184 valence electrons. The highest BCUT2D eigenvalue weighted by atomic mass is 35.5. The fourth-order valence-electron chi connectivity index (χ4n) is 3.96. The van der Waals surface area contributed by atoms with E-state index in [2.05, 4.69) is 46.6 Å². The van der Waals surface area contributed by atoms with E-state index in [1.807, 2.05) is 12.1 Å². The van der Waals surface area contributed by atoms with E-state index in [4.69, 9.17) is 16.9 Å². The number of pyridine rings is 2. The van der Waals surface area contributed by atoms with Crippen LogP contribution in [0.25, 0.3) is 5.65 Å². The van der Waals surface area contributed by atoms with Crippen LogP contribution in [-0.4, -0.2) is 53.8 Å². The monoisotopic (exact) mass is 504 g/mol. The van der Waals surface area contributed by atoms with Gasteiger partial charge in [-0.15, -0.1) is 5.10 Å². The number of anilines is 4. The van der Waals surface area contributed by atoms with Crippen molar-refractivity contribution < 1.29 is 5.11 Å². The van der Waals surface area contributed by atoms with Gasteiger partial charge in [0.1, 0.15) is 22.5 Å². The van der Waals surface area contributed by atoms with Crippen molar-refractivity contribution in [2.24, 2.45) is 0 Å². The number of nitrogens with one attached hydrogen (secondary N) is 2. The lowest BCUT2D eigenvalue weighted by Crippen LogP contribution is -2.39. The third-order valence-corrected chi connectivity index (χ3v) is 6.20. The van der Waals surface area contributed by atoms with Crippen LogP contribution in [0, 0.1) is 11.3 Å². The van der Waals surface area contributed by atoms with Crippen LogP contribution in [0.4, 0.5) is 23.3 Å². The van der Waals surface area contributed by atoms with E-state index >= 15 is 0 Å². The van der Waals surface area contributed by atoms with Crippen molar-refractivity contribution in [3.63, 3.8) is 0 Å². The summed E-state index contributed by atoms with van der Waals surface area (Å²) in [5.74, 6) is 2.18. The van der Waals surface area contributed by atoms with Crippen LogP contribution in [0.5, 0.6) is 0 Å². The Kier molecular flexibility index (Phi) is 6.30. The Labute approximate surface area is 212 Å². The van der Waals surface area contributed by atoms with Crippen molar-refractivity contribution in [3.8, 4) is 6.07 Å². The Bertz CT molecular complexity index is 1420. The minimum atomic E-state index is -1.13. The number of aromatic nitrogens is 6. The summed E-state index contributed by atoms with van der Waals surface area (Å²) >= 11 is 6.39. The van der Waals surface area contributed by atoms with Crippen LogP contribution in [-0.2, 0) is 5.60 Å². The van der Waals surface area contributed by atoms with Crippen LogP contribution >= 0.6 is 11.6 Å². The highest BCUT2D eigenvalue weighted by Crippen LogP contribution is 2.26. The van der Waals surface area contributed by atoms with Gasteiger partial charge in [-0.3, -0.25) is 0 Å². The maximum absolute atomic E-state index is 10.2. The molecule has 0 bridgehead atoms. The summed E-state index contributed by atoms with van der Waals surface area (Å²) in [5.41, 5.74) is 0.744. The van der Waals surface area contributed by atoms with Gasteiger partial charge in [0.15, 0.2) is 17.3 Å². The maximum atomic E-state index is 10.2. The molecule has 11 nitrogen and oxygen atoms in total. The van der Waals surface area contributed by atoms with Gasteiger partial charge < -0.3 is 20.6 Å². The van der Waals surface area contributed by atoms with Crippen LogP contribution in [0.1, 0.15) is 38.1 Å². The van der Waals surface area contributed by atoms with Gasteiger partial charge in [-0.25, -0.2) is 19.5 Å². The first-order valence-electron chi connectivity index (χ1n) is 11.5. The minimum absolute atomic E-state index is 0.201. The van der Waals surface area contributed by atoms with Crippen LogP contribution in [0.3, 0.4) is 0 Å². The summed E-state index contributed by atoms with van der Waals surface area (Å²) in [7, 11) is 0. The first kappa shape index (κ1) is 23.7. The van der Waals surface area contributed by atoms with E-state index in [1.165, 1.54) is 0 Å². The van der Waals surface area contributed by atoms with Gasteiger partial charge in [0, 0.05) is 43.3 Å². The summed E-state index contributed by atoms with van der Waals surface area (Å²) in [6, 6.07) is 9.60. The van der Waals surface area contributed by atoms with Crippen LogP contribution in [0.2, 0.25) is 5.02 Å². The fourth-order valence-corrected chi connectivity index (χ4v) is 4.11.